The number of hydrogen-bond donors (Lipinski definition) is 1. The molecule has 4 rings (SSSR count). The molecule has 3 aromatic rings. The number of benzene rings is 2. The number of halogens is 2. The molecule has 1 saturated heterocycles. The smallest absolute Gasteiger partial charge is 0.335 e. The monoisotopic (exact) mass is 497 g/mol. The Bertz CT molecular complexity index is 1280. The molecule has 9 heteroatoms. The number of amides is 4. The second kappa shape index (κ2) is 10.2. The quantitative estimate of drug-likeness (QED) is 0.363. The molecule has 0 spiro atoms. The van der Waals surface area contributed by atoms with Gasteiger partial charge in [0.1, 0.15) is 17.9 Å². The molecule has 1 aliphatic rings. The van der Waals surface area contributed by atoms with E-state index in [9.17, 15) is 14.4 Å². The zero-order chi connectivity index (χ0) is 24.2. The Hall–Kier alpha value is -3.55. The Labute approximate surface area is 206 Å². The van der Waals surface area contributed by atoms with Gasteiger partial charge in [-0.3, -0.25) is 14.9 Å². The van der Waals surface area contributed by atoms with Gasteiger partial charge in [0, 0.05) is 23.0 Å². The van der Waals surface area contributed by atoms with Crippen molar-refractivity contribution in [2.45, 2.75) is 19.9 Å². The minimum Gasteiger partial charge on any atom is -0.490 e. The van der Waals surface area contributed by atoms with E-state index in [-0.39, 0.29) is 12.2 Å². The largest absolute Gasteiger partial charge is 0.490 e. The molecule has 34 heavy (non-hydrogen) atoms. The lowest BCUT2D eigenvalue weighted by Gasteiger charge is -2.26. The molecule has 0 bridgehead atoms. The number of aryl methyl sites for hydroxylation is 1. The Morgan fingerprint density at radius 1 is 1.03 bits per heavy atom. The maximum Gasteiger partial charge on any atom is 0.335 e. The molecule has 0 atom stereocenters. The number of urea groups is 1. The van der Waals surface area contributed by atoms with E-state index in [1.165, 1.54) is 6.08 Å². The lowest BCUT2D eigenvalue weighted by atomic mass is 10.1. The second-order valence-corrected chi connectivity index (χ2v) is 8.37. The molecule has 0 aliphatic carbocycles. The number of rotatable bonds is 7. The summed E-state index contributed by atoms with van der Waals surface area (Å²) in [6, 6.07) is 14.8. The molecule has 1 fully saturated rings. The number of carbonyl (C=O) groups excluding carboxylic acids is 3. The van der Waals surface area contributed by atoms with Gasteiger partial charge in [-0.1, -0.05) is 42.3 Å². The predicted molar refractivity (Wildman–Crippen MR) is 131 cm³/mol. The van der Waals surface area contributed by atoms with E-state index in [1.54, 1.807) is 48.7 Å². The van der Waals surface area contributed by atoms with Crippen molar-refractivity contribution in [2.75, 3.05) is 11.5 Å². The van der Waals surface area contributed by atoms with Gasteiger partial charge in [0.25, 0.3) is 11.8 Å². The number of imide groups is 2. The molecular weight excluding hydrogens is 477 g/mol. The summed E-state index contributed by atoms with van der Waals surface area (Å²) in [6.07, 6.45) is 4.09. The van der Waals surface area contributed by atoms with E-state index in [0.717, 1.165) is 16.9 Å². The topological polar surface area (TPSA) is 80.6 Å². The van der Waals surface area contributed by atoms with Gasteiger partial charge in [0.2, 0.25) is 0 Å². The van der Waals surface area contributed by atoms with Crippen LogP contribution in [0.1, 0.15) is 18.2 Å². The minimum absolute atomic E-state index is 0.141. The number of carbonyl (C=O) groups is 3. The second-order valence-electron chi connectivity index (χ2n) is 7.53. The van der Waals surface area contributed by atoms with Crippen molar-refractivity contribution in [3.8, 4) is 5.75 Å². The van der Waals surface area contributed by atoms with Crippen molar-refractivity contribution in [1.29, 1.82) is 0 Å². The fourth-order valence-electron chi connectivity index (χ4n) is 3.52. The van der Waals surface area contributed by atoms with Gasteiger partial charge in [-0.15, -0.1) is 0 Å². The first-order valence-electron chi connectivity index (χ1n) is 10.6. The Morgan fingerprint density at radius 3 is 2.53 bits per heavy atom. The van der Waals surface area contributed by atoms with Crippen LogP contribution in [0.4, 0.5) is 10.5 Å². The highest BCUT2D eigenvalue weighted by Crippen LogP contribution is 2.28. The van der Waals surface area contributed by atoms with Crippen molar-refractivity contribution < 1.29 is 19.1 Å². The first kappa shape index (κ1) is 23.6. The lowest BCUT2D eigenvalue weighted by Crippen LogP contribution is -2.54. The average Bonchev–Trinajstić information content (AvgIpc) is 3.26. The normalized spacial score (nSPS) is 15.1. The van der Waals surface area contributed by atoms with Crippen LogP contribution in [0.25, 0.3) is 6.08 Å². The van der Waals surface area contributed by atoms with Crippen LogP contribution < -0.4 is 15.0 Å². The number of anilines is 1. The van der Waals surface area contributed by atoms with E-state index in [4.69, 9.17) is 27.9 Å². The molecule has 4 amide bonds. The minimum atomic E-state index is -0.779. The third-order valence-corrected chi connectivity index (χ3v) is 5.89. The first-order valence-corrected chi connectivity index (χ1v) is 11.4. The summed E-state index contributed by atoms with van der Waals surface area (Å²) >= 11 is 12.1. The van der Waals surface area contributed by atoms with E-state index in [1.807, 2.05) is 23.6 Å². The summed E-state index contributed by atoms with van der Waals surface area (Å²) < 4.78 is 7.55. The molecule has 0 unspecified atom stereocenters. The van der Waals surface area contributed by atoms with E-state index < -0.39 is 17.8 Å². The molecule has 1 aliphatic heterocycles. The zero-order valence-electron chi connectivity index (χ0n) is 18.3. The van der Waals surface area contributed by atoms with Crippen LogP contribution in [0.3, 0.4) is 0 Å². The molecular formula is C25H21Cl2N3O4. The number of hydrogen-bond acceptors (Lipinski definition) is 4. The number of nitrogens with one attached hydrogen (secondary N) is 1. The van der Waals surface area contributed by atoms with Crippen molar-refractivity contribution in [3.05, 3.63) is 87.7 Å². The fourth-order valence-corrected chi connectivity index (χ4v) is 3.86. The van der Waals surface area contributed by atoms with Gasteiger partial charge in [0.05, 0.1) is 17.3 Å². The fraction of sp³-hybridized carbons (Fsp3) is 0.160. The summed E-state index contributed by atoms with van der Waals surface area (Å²) in [7, 11) is 0. The maximum atomic E-state index is 13.1. The third-order valence-electron chi connectivity index (χ3n) is 5.34. The van der Waals surface area contributed by atoms with Gasteiger partial charge in [-0.2, -0.15) is 0 Å². The summed E-state index contributed by atoms with van der Waals surface area (Å²) in [6.45, 7) is 2.71. The third kappa shape index (κ3) is 5.00. The highest BCUT2D eigenvalue weighted by molar-refractivity contribution is 6.39. The number of ether oxygens (including phenoxy) is 1. The highest BCUT2D eigenvalue weighted by Gasteiger charge is 2.36. The summed E-state index contributed by atoms with van der Waals surface area (Å²) in [5, 5.41) is 3.20. The molecule has 2 heterocycles. The van der Waals surface area contributed by atoms with Crippen molar-refractivity contribution in [1.82, 2.24) is 9.88 Å². The van der Waals surface area contributed by atoms with Crippen molar-refractivity contribution in [2.24, 2.45) is 0 Å². The van der Waals surface area contributed by atoms with Crippen molar-refractivity contribution >= 4 is 52.8 Å². The lowest BCUT2D eigenvalue weighted by molar-refractivity contribution is -0.122. The molecule has 0 radical (unpaired) electrons. The number of barbiturate groups is 1. The average molecular weight is 498 g/mol. The summed E-state index contributed by atoms with van der Waals surface area (Å²) in [4.78, 5) is 39.0. The molecule has 2 aromatic carbocycles. The molecule has 1 aromatic heterocycles. The van der Waals surface area contributed by atoms with Crippen LogP contribution in [0.2, 0.25) is 10.0 Å². The summed E-state index contributed by atoms with van der Waals surface area (Å²) in [5.74, 6) is -0.967. The van der Waals surface area contributed by atoms with Crippen LogP contribution in [-0.4, -0.2) is 29.0 Å². The number of nitrogens with zero attached hydrogens (tertiary/aromatic N) is 2. The molecule has 7 nitrogen and oxygen atoms in total. The van der Waals surface area contributed by atoms with Crippen LogP contribution in [0.5, 0.6) is 5.75 Å². The highest BCUT2D eigenvalue weighted by atomic mass is 35.5. The number of aromatic nitrogens is 1. The van der Waals surface area contributed by atoms with Crippen LogP contribution in [0.15, 0.2) is 66.4 Å². The van der Waals surface area contributed by atoms with E-state index in [0.29, 0.717) is 33.7 Å². The van der Waals surface area contributed by atoms with Crippen LogP contribution in [-0.2, 0) is 22.6 Å². The molecule has 174 valence electrons. The Balaban J connectivity index is 1.53. The van der Waals surface area contributed by atoms with Crippen molar-refractivity contribution in [3.63, 3.8) is 0 Å². The Kier molecular flexibility index (Phi) is 7.05. The maximum absolute atomic E-state index is 13.1. The van der Waals surface area contributed by atoms with Gasteiger partial charge in [-0.05, 0) is 54.5 Å². The SMILES string of the molecule is CCc1ccc(N2C(=O)NC(=O)/C(=C/c3cccn3CCOc3cc(Cl)ccc3Cl)C2=O)cc1. The van der Waals surface area contributed by atoms with Gasteiger partial charge >= 0.3 is 6.03 Å². The van der Waals surface area contributed by atoms with Crippen LogP contribution >= 0.6 is 23.2 Å². The molecule has 0 saturated carbocycles. The standard InChI is InChI=1S/C25H21Cl2N3O4/c1-2-16-5-8-18(9-6-16)30-24(32)20(23(31)28-25(30)33)15-19-4-3-11-29(19)12-13-34-22-14-17(26)7-10-21(22)27/h3-11,14-15H,2,12-13H2,1H3,(H,28,31,33)/b20-15-. The predicted octanol–water partition coefficient (Wildman–Crippen LogP) is 5.10. The van der Waals surface area contributed by atoms with E-state index >= 15 is 0 Å². The van der Waals surface area contributed by atoms with E-state index in [2.05, 4.69) is 5.32 Å². The van der Waals surface area contributed by atoms with Gasteiger partial charge in [0.15, 0.2) is 0 Å². The summed E-state index contributed by atoms with van der Waals surface area (Å²) in [5.41, 5.74) is 1.92. The molecule has 1 N–H and O–H groups in total. The van der Waals surface area contributed by atoms with Gasteiger partial charge in [-0.25, -0.2) is 9.69 Å². The zero-order valence-corrected chi connectivity index (χ0v) is 19.8. The Morgan fingerprint density at radius 2 is 1.79 bits per heavy atom. The first-order chi connectivity index (χ1) is 16.4. The van der Waals surface area contributed by atoms with Gasteiger partial charge < -0.3 is 9.30 Å². The van der Waals surface area contributed by atoms with Crippen LogP contribution in [0, 0.1) is 0 Å².